The molecule has 0 aliphatic rings. The molecule has 2 aromatic rings. The first kappa shape index (κ1) is 15.5. The number of halogens is 1. The molecule has 0 saturated heterocycles. The zero-order valence-corrected chi connectivity index (χ0v) is 13.0. The Kier molecular flexibility index (Phi) is 4.93. The van der Waals surface area contributed by atoms with Crippen LogP contribution in [0.3, 0.4) is 0 Å². The summed E-state index contributed by atoms with van der Waals surface area (Å²) in [6.07, 6.45) is 3.05. The SMILES string of the molecule is COc1cnn(CCN(C)C)c1C(=O)c1ccnc(Cl)c1. The number of hydrogen-bond donors (Lipinski definition) is 0. The number of likely N-dealkylation sites (N-methyl/N-ethyl adjacent to an activating group) is 1. The van der Waals surface area contributed by atoms with Crippen LogP contribution in [0.4, 0.5) is 0 Å². The molecule has 0 N–H and O–H groups in total. The van der Waals surface area contributed by atoms with E-state index in [2.05, 4.69) is 10.1 Å². The summed E-state index contributed by atoms with van der Waals surface area (Å²) in [5.41, 5.74) is 0.876. The van der Waals surface area contributed by atoms with Crippen LogP contribution in [0.2, 0.25) is 5.15 Å². The van der Waals surface area contributed by atoms with E-state index in [1.165, 1.54) is 19.4 Å². The molecular formula is C14H17ClN4O2. The summed E-state index contributed by atoms with van der Waals surface area (Å²) < 4.78 is 6.89. The van der Waals surface area contributed by atoms with Gasteiger partial charge in [-0.05, 0) is 26.2 Å². The first-order chi connectivity index (χ1) is 10.0. The minimum absolute atomic E-state index is 0.188. The van der Waals surface area contributed by atoms with Gasteiger partial charge < -0.3 is 9.64 Å². The Bertz CT molecular complexity index is 640. The van der Waals surface area contributed by atoms with Crippen LogP contribution in [0.5, 0.6) is 5.75 Å². The molecule has 0 aromatic carbocycles. The lowest BCUT2D eigenvalue weighted by Gasteiger charge is -2.12. The van der Waals surface area contributed by atoms with Gasteiger partial charge in [-0.1, -0.05) is 11.6 Å². The second kappa shape index (κ2) is 6.69. The molecule has 0 fully saturated rings. The van der Waals surface area contributed by atoms with Crippen molar-refractivity contribution in [3.05, 3.63) is 40.9 Å². The summed E-state index contributed by atoms with van der Waals surface area (Å²) >= 11 is 5.84. The van der Waals surface area contributed by atoms with Gasteiger partial charge in [0.1, 0.15) is 5.15 Å². The number of rotatable bonds is 6. The zero-order chi connectivity index (χ0) is 15.4. The maximum Gasteiger partial charge on any atom is 0.215 e. The van der Waals surface area contributed by atoms with Crippen LogP contribution in [0.25, 0.3) is 0 Å². The van der Waals surface area contributed by atoms with Gasteiger partial charge in [0.15, 0.2) is 11.4 Å². The van der Waals surface area contributed by atoms with E-state index >= 15 is 0 Å². The molecule has 7 heteroatoms. The van der Waals surface area contributed by atoms with Gasteiger partial charge in [0.2, 0.25) is 5.78 Å². The minimum atomic E-state index is -0.188. The maximum absolute atomic E-state index is 12.7. The van der Waals surface area contributed by atoms with Crippen molar-refractivity contribution in [2.45, 2.75) is 6.54 Å². The molecule has 0 unspecified atom stereocenters. The Morgan fingerprint density at radius 1 is 1.48 bits per heavy atom. The lowest BCUT2D eigenvalue weighted by atomic mass is 10.1. The molecule has 0 atom stereocenters. The zero-order valence-electron chi connectivity index (χ0n) is 12.2. The molecule has 2 rings (SSSR count). The maximum atomic E-state index is 12.7. The topological polar surface area (TPSA) is 60.2 Å². The third-order valence-electron chi connectivity index (χ3n) is 2.99. The smallest absolute Gasteiger partial charge is 0.215 e. The highest BCUT2D eigenvalue weighted by Crippen LogP contribution is 2.22. The van der Waals surface area contributed by atoms with E-state index in [-0.39, 0.29) is 10.9 Å². The molecule has 2 aromatic heterocycles. The van der Waals surface area contributed by atoms with Crippen molar-refractivity contribution in [1.82, 2.24) is 19.7 Å². The molecule has 6 nitrogen and oxygen atoms in total. The number of nitrogens with zero attached hydrogens (tertiary/aromatic N) is 4. The highest BCUT2D eigenvalue weighted by molar-refractivity contribution is 6.30. The molecule has 0 radical (unpaired) electrons. The summed E-state index contributed by atoms with van der Waals surface area (Å²) in [4.78, 5) is 18.6. The third-order valence-corrected chi connectivity index (χ3v) is 3.20. The fourth-order valence-electron chi connectivity index (χ4n) is 1.89. The lowest BCUT2D eigenvalue weighted by Crippen LogP contribution is -2.22. The average molecular weight is 309 g/mol. The molecule has 2 heterocycles. The summed E-state index contributed by atoms with van der Waals surface area (Å²) in [7, 11) is 5.44. The molecule has 21 heavy (non-hydrogen) atoms. The number of hydrogen-bond acceptors (Lipinski definition) is 5. The van der Waals surface area contributed by atoms with E-state index in [0.717, 1.165) is 6.54 Å². The van der Waals surface area contributed by atoms with Gasteiger partial charge in [0.25, 0.3) is 0 Å². The average Bonchev–Trinajstić information content (AvgIpc) is 2.87. The summed E-state index contributed by atoms with van der Waals surface area (Å²) in [5, 5.41) is 4.50. The van der Waals surface area contributed by atoms with Gasteiger partial charge >= 0.3 is 0 Å². The van der Waals surface area contributed by atoms with E-state index in [4.69, 9.17) is 16.3 Å². The van der Waals surface area contributed by atoms with Crippen LogP contribution in [-0.4, -0.2) is 53.2 Å². The van der Waals surface area contributed by atoms with E-state index in [1.54, 1.807) is 16.9 Å². The summed E-state index contributed by atoms with van der Waals surface area (Å²) in [6, 6.07) is 3.16. The number of methoxy groups -OCH3 is 1. The fraction of sp³-hybridized carbons (Fsp3) is 0.357. The van der Waals surface area contributed by atoms with Gasteiger partial charge in [0.05, 0.1) is 19.9 Å². The van der Waals surface area contributed by atoms with Gasteiger partial charge in [0, 0.05) is 18.3 Å². The molecule has 0 aliphatic heterocycles. The number of carbonyl (C=O) groups is 1. The predicted octanol–water partition coefficient (Wildman–Crippen LogP) is 1.73. The Morgan fingerprint density at radius 3 is 2.86 bits per heavy atom. The summed E-state index contributed by atoms with van der Waals surface area (Å²) in [5.74, 6) is 0.263. The third kappa shape index (κ3) is 3.59. The number of ether oxygens (including phenoxy) is 1. The van der Waals surface area contributed by atoms with Crippen molar-refractivity contribution in [3.8, 4) is 5.75 Å². The van der Waals surface area contributed by atoms with E-state index in [9.17, 15) is 4.79 Å². The van der Waals surface area contributed by atoms with Crippen molar-refractivity contribution < 1.29 is 9.53 Å². The van der Waals surface area contributed by atoms with E-state index < -0.39 is 0 Å². The van der Waals surface area contributed by atoms with Crippen LogP contribution < -0.4 is 4.74 Å². The van der Waals surface area contributed by atoms with Gasteiger partial charge in [-0.15, -0.1) is 0 Å². The van der Waals surface area contributed by atoms with Crippen LogP contribution in [-0.2, 0) is 6.54 Å². The molecular weight excluding hydrogens is 292 g/mol. The molecule has 0 spiro atoms. The van der Waals surface area contributed by atoms with Gasteiger partial charge in [-0.3, -0.25) is 9.48 Å². The first-order valence-corrected chi connectivity index (χ1v) is 6.81. The highest BCUT2D eigenvalue weighted by atomic mass is 35.5. The van der Waals surface area contributed by atoms with Crippen LogP contribution in [0, 0.1) is 0 Å². The summed E-state index contributed by atoms with van der Waals surface area (Å²) in [6.45, 7) is 1.36. The number of pyridine rings is 1. The number of ketones is 1. The Morgan fingerprint density at radius 2 is 2.24 bits per heavy atom. The van der Waals surface area contributed by atoms with E-state index in [0.29, 0.717) is 23.6 Å². The standard InChI is InChI=1S/C14H17ClN4O2/c1-18(2)6-7-19-13(11(21-3)9-17-19)14(20)10-4-5-16-12(15)8-10/h4-5,8-9H,6-7H2,1-3H3. The normalized spacial score (nSPS) is 10.9. The molecule has 0 saturated carbocycles. The van der Waals surface area contributed by atoms with Crippen molar-refractivity contribution in [3.63, 3.8) is 0 Å². The minimum Gasteiger partial charge on any atom is -0.493 e. The second-order valence-electron chi connectivity index (χ2n) is 4.78. The van der Waals surface area contributed by atoms with Gasteiger partial charge in [-0.2, -0.15) is 5.10 Å². The largest absolute Gasteiger partial charge is 0.493 e. The van der Waals surface area contributed by atoms with Crippen molar-refractivity contribution in [2.75, 3.05) is 27.7 Å². The molecule has 0 aliphatic carbocycles. The predicted molar refractivity (Wildman–Crippen MR) is 80.0 cm³/mol. The Hall–Kier alpha value is -1.92. The van der Waals surface area contributed by atoms with E-state index in [1.807, 2.05) is 19.0 Å². The van der Waals surface area contributed by atoms with Crippen molar-refractivity contribution in [1.29, 1.82) is 0 Å². The lowest BCUT2D eigenvalue weighted by molar-refractivity contribution is 0.102. The number of aromatic nitrogens is 3. The first-order valence-electron chi connectivity index (χ1n) is 6.43. The second-order valence-corrected chi connectivity index (χ2v) is 5.17. The molecule has 0 amide bonds. The van der Waals surface area contributed by atoms with Crippen molar-refractivity contribution in [2.24, 2.45) is 0 Å². The Balaban J connectivity index is 2.36. The van der Waals surface area contributed by atoms with Crippen LogP contribution in [0.15, 0.2) is 24.5 Å². The van der Waals surface area contributed by atoms with Crippen molar-refractivity contribution >= 4 is 17.4 Å². The Labute approximate surface area is 128 Å². The quantitative estimate of drug-likeness (QED) is 0.601. The number of carbonyl (C=O) groups excluding carboxylic acids is 1. The monoisotopic (exact) mass is 308 g/mol. The fourth-order valence-corrected chi connectivity index (χ4v) is 2.07. The van der Waals surface area contributed by atoms with Crippen LogP contribution in [0.1, 0.15) is 16.1 Å². The van der Waals surface area contributed by atoms with Crippen LogP contribution >= 0.6 is 11.6 Å². The highest BCUT2D eigenvalue weighted by Gasteiger charge is 2.21. The molecule has 112 valence electrons. The van der Waals surface area contributed by atoms with Gasteiger partial charge in [-0.25, -0.2) is 4.98 Å². The molecule has 0 bridgehead atoms.